The van der Waals surface area contributed by atoms with Gasteiger partial charge in [0.2, 0.25) is 5.91 Å². The number of carbonyl (C=O) groups excluding carboxylic acids is 1. The summed E-state index contributed by atoms with van der Waals surface area (Å²) in [6.07, 6.45) is 9.30. The van der Waals surface area contributed by atoms with Gasteiger partial charge in [-0.15, -0.1) is 0 Å². The molecule has 1 saturated heterocycles. The van der Waals surface area contributed by atoms with Crippen LogP contribution in [0.5, 0.6) is 0 Å². The molecule has 0 aromatic heterocycles. The van der Waals surface area contributed by atoms with Gasteiger partial charge >= 0.3 is 0 Å². The fraction of sp³-hybridized carbons (Fsp3) is 0.792. The maximum absolute atomic E-state index is 13.4. The fourth-order valence-corrected chi connectivity index (χ4v) is 3.90. The van der Waals surface area contributed by atoms with E-state index in [1.165, 1.54) is 5.57 Å². The first-order chi connectivity index (χ1) is 14.3. The molecule has 0 spiro atoms. The second-order valence-corrected chi connectivity index (χ2v) is 8.93. The van der Waals surface area contributed by atoms with Gasteiger partial charge < -0.3 is 20.6 Å². The molecule has 6 heteroatoms. The van der Waals surface area contributed by atoms with Crippen LogP contribution in [0.1, 0.15) is 60.3 Å². The summed E-state index contributed by atoms with van der Waals surface area (Å²) in [7, 11) is 1.90. The van der Waals surface area contributed by atoms with E-state index in [0.29, 0.717) is 12.5 Å². The van der Waals surface area contributed by atoms with E-state index >= 15 is 0 Å². The van der Waals surface area contributed by atoms with Crippen molar-refractivity contribution in [2.24, 2.45) is 17.8 Å². The highest BCUT2D eigenvalue weighted by Crippen LogP contribution is 2.22. The molecule has 0 bridgehead atoms. The quantitative estimate of drug-likeness (QED) is 0.271. The highest BCUT2D eigenvalue weighted by Gasteiger charge is 2.34. The van der Waals surface area contributed by atoms with Crippen molar-refractivity contribution < 1.29 is 9.90 Å². The van der Waals surface area contributed by atoms with Crippen LogP contribution < -0.4 is 16.0 Å². The molecule has 174 valence electrons. The lowest BCUT2D eigenvalue weighted by molar-refractivity contribution is -0.138. The third-order valence-electron chi connectivity index (χ3n) is 5.82. The van der Waals surface area contributed by atoms with Gasteiger partial charge in [0, 0.05) is 38.6 Å². The van der Waals surface area contributed by atoms with E-state index in [1.54, 1.807) is 0 Å². The van der Waals surface area contributed by atoms with E-state index in [2.05, 4.69) is 62.7 Å². The molecule has 0 saturated carbocycles. The minimum atomic E-state index is -0.567. The Balaban J connectivity index is 2.75. The third-order valence-corrected chi connectivity index (χ3v) is 5.82. The zero-order valence-electron chi connectivity index (χ0n) is 20.1. The van der Waals surface area contributed by atoms with Gasteiger partial charge in [-0.1, -0.05) is 39.8 Å². The van der Waals surface area contributed by atoms with Crippen molar-refractivity contribution in [1.29, 1.82) is 0 Å². The van der Waals surface area contributed by atoms with E-state index in [9.17, 15) is 9.90 Å². The monoisotopic (exact) mass is 422 g/mol. The van der Waals surface area contributed by atoms with Gasteiger partial charge in [0.1, 0.15) is 6.23 Å². The van der Waals surface area contributed by atoms with Gasteiger partial charge in [-0.25, -0.2) is 0 Å². The predicted molar refractivity (Wildman–Crippen MR) is 126 cm³/mol. The standard InChI is InChI=1S/C24H46N4O2/c1-7-13-28(19(5)9-10-20(8-2)15-25-6)24(30)22-14-21(16-26-17-22)23(29)27-12-11-18(3)4/h9-10,15,18-19,21-23,25-27,29H,7-8,11-14,16-17H2,1-6H3/b10-9-,20-15+/t19-,21?,22+,23?/m0/s1. The molecule has 1 aliphatic rings. The normalized spacial score (nSPS) is 22.3. The molecule has 1 fully saturated rings. The second-order valence-electron chi connectivity index (χ2n) is 8.93. The van der Waals surface area contributed by atoms with Crippen molar-refractivity contribution in [3.8, 4) is 0 Å². The summed E-state index contributed by atoms with van der Waals surface area (Å²) in [5, 5.41) is 20.3. The van der Waals surface area contributed by atoms with Crippen molar-refractivity contribution in [3.05, 3.63) is 23.9 Å². The minimum absolute atomic E-state index is 0.0405. The molecule has 6 nitrogen and oxygen atoms in total. The zero-order chi connectivity index (χ0) is 22.5. The van der Waals surface area contributed by atoms with Gasteiger partial charge in [0.15, 0.2) is 0 Å². The number of nitrogens with zero attached hydrogens (tertiary/aromatic N) is 1. The van der Waals surface area contributed by atoms with E-state index in [1.807, 2.05) is 18.1 Å². The predicted octanol–water partition coefficient (Wildman–Crippen LogP) is 2.86. The van der Waals surface area contributed by atoms with Crippen molar-refractivity contribution in [2.45, 2.75) is 72.6 Å². The van der Waals surface area contributed by atoms with E-state index in [-0.39, 0.29) is 23.8 Å². The number of amides is 1. The summed E-state index contributed by atoms with van der Waals surface area (Å²) in [5.74, 6) is 0.763. The number of rotatable bonds is 13. The second kappa shape index (κ2) is 14.6. The number of aliphatic hydroxyl groups excluding tert-OH is 1. The molecule has 0 aliphatic carbocycles. The van der Waals surface area contributed by atoms with Gasteiger partial charge in [-0.3, -0.25) is 10.1 Å². The zero-order valence-corrected chi connectivity index (χ0v) is 20.1. The number of nitrogens with one attached hydrogen (secondary N) is 3. The molecule has 1 rings (SSSR count). The van der Waals surface area contributed by atoms with Crippen LogP contribution in [0.3, 0.4) is 0 Å². The molecular weight excluding hydrogens is 376 g/mol. The number of hydrogen-bond acceptors (Lipinski definition) is 5. The van der Waals surface area contributed by atoms with E-state index in [0.717, 1.165) is 45.3 Å². The first-order valence-electron chi connectivity index (χ1n) is 11.8. The maximum Gasteiger partial charge on any atom is 0.227 e. The Labute approximate surface area is 184 Å². The molecule has 4 N–H and O–H groups in total. The lowest BCUT2D eigenvalue weighted by atomic mass is 9.87. The van der Waals surface area contributed by atoms with Gasteiger partial charge in [-0.2, -0.15) is 0 Å². The third kappa shape index (κ3) is 9.19. The van der Waals surface area contributed by atoms with E-state index < -0.39 is 6.23 Å². The minimum Gasteiger partial charge on any atom is -0.394 e. The summed E-state index contributed by atoms with van der Waals surface area (Å²) >= 11 is 0. The molecule has 0 aromatic rings. The Morgan fingerprint density at radius 1 is 1.27 bits per heavy atom. The van der Waals surface area contributed by atoms with Crippen LogP contribution >= 0.6 is 0 Å². The topological polar surface area (TPSA) is 76.6 Å². The fourth-order valence-electron chi connectivity index (χ4n) is 3.90. The molecule has 30 heavy (non-hydrogen) atoms. The van der Waals surface area contributed by atoms with Crippen LogP contribution in [0.2, 0.25) is 0 Å². The summed E-state index contributed by atoms with van der Waals surface area (Å²) in [5.41, 5.74) is 1.21. The van der Waals surface area contributed by atoms with Crippen molar-refractivity contribution in [2.75, 3.05) is 33.2 Å². The van der Waals surface area contributed by atoms with Crippen LogP contribution in [-0.4, -0.2) is 61.4 Å². The van der Waals surface area contributed by atoms with Crippen LogP contribution in [0.15, 0.2) is 23.9 Å². The first-order valence-corrected chi connectivity index (χ1v) is 11.8. The Morgan fingerprint density at radius 3 is 2.60 bits per heavy atom. The number of hydrogen-bond donors (Lipinski definition) is 4. The van der Waals surface area contributed by atoms with Crippen LogP contribution in [-0.2, 0) is 4.79 Å². The molecule has 0 radical (unpaired) electrons. The average molecular weight is 423 g/mol. The highest BCUT2D eigenvalue weighted by molar-refractivity contribution is 5.79. The largest absolute Gasteiger partial charge is 0.394 e. The number of carbonyl (C=O) groups is 1. The Kier molecular flexibility index (Phi) is 13.0. The Bertz CT molecular complexity index is 547. The number of aliphatic hydroxyl groups is 1. The van der Waals surface area contributed by atoms with Crippen molar-refractivity contribution >= 4 is 5.91 Å². The summed E-state index contributed by atoms with van der Waals surface area (Å²) in [6, 6.07) is 0.0405. The lowest BCUT2D eigenvalue weighted by Crippen LogP contribution is -2.52. The smallest absolute Gasteiger partial charge is 0.227 e. The van der Waals surface area contributed by atoms with Crippen LogP contribution in [0.4, 0.5) is 0 Å². The van der Waals surface area contributed by atoms with Crippen LogP contribution in [0, 0.1) is 17.8 Å². The highest BCUT2D eigenvalue weighted by atomic mass is 16.3. The van der Waals surface area contributed by atoms with Gasteiger partial charge in [0.05, 0.1) is 5.92 Å². The maximum atomic E-state index is 13.4. The Morgan fingerprint density at radius 2 is 2.00 bits per heavy atom. The molecule has 1 aliphatic heterocycles. The summed E-state index contributed by atoms with van der Waals surface area (Å²) in [4.78, 5) is 15.4. The number of allylic oxidation sites excluding steroid dienone is 2. The molecular formula is C24H46N4O2. The molecule has 1 heterocycles. The molecule has 0 aromatic carbocycles. The lowest BCUT2D eigenvalue weighted by Gasteiger charge is -2.37. The first kappa shape index (κ1) is 26.7. The summed E-state index contributed by atoms with van der Waals surface area (Å²) in [6.45, 7) is 13.7. The van der Waals surface area contributed by atoms with Gasteiger partial charge in [-0.05, 0) is 56.8 Å². The molecule has 1 amide bonds. The number of piperidine rings is 1. The summed E-state index contributed by atoms with van der Waals surface area (Å²) < 4.78 is 0. The van der Waals surface area contributed by atoms with Gasteiger partial charge in [0.25, 0.3) is 0 Å². The SMILES string of the molecule is CCCN(C(=O)[C@H]1CNCC(C(O)NCCC(C)C)C1)[C@@H](C)/C=C\C(=C\NC)CC. The Hall–Kier alpha value is -1.37. The average Bonchev–Trinajstić information content (AvgIpc) is 2.74. The molecule has 2 unspecified atom stereocenters. The van der Waals surface area contributed by atoms with Crippen molar-refractivity contribution in [3.63, 3.8) is 0 Å². The van der Waals surface area contributed by atoms with E-state index in [4.69, 9.17) is 0 Å². The van der Waals surface area contributed by atoms with Crippen molar-refractivity contribution in [1.82, 2.24) is 20.9 Å². The van der Waals surface area contributed by atoms with Crippen LogP contribution in [0.25, 0.3) is 0 Å². The molecule has 4 atom stereocenters.